The van der Waals surface area contributed by atoms with Gasteiger partial charge in [0.1, 0.15) is 10.0 Å². The molecular weight excluding hydrogens is 262 g/mol. The molecule has 0 saturated heterocycles. The second-order valence-corrected chi connectivity index (χ2v) is 5.15. The zero-order valence-corrected chi connectivity index (χ0v) is 10.1. The number of hydrogen-bond donors (Lipinski definition) is 1. The Balaban J connectivity index is 2.36. The van der Waals surface area contributed by atoms with Gasteiger partial charge >= 0.3 is 0 Å². The molecule has 0 amide bonds. The van der Waals surface area contributed by atoms with Crippen molar-refractivity contribution in [2.45, 2.75) is 4.90 Å². The number of nitrogens with one attached hydrogen (secondary N) is 1. The Morgan fingerprint density at radius 1 is 1.18 bits per heavy atom. The largest absolute Gasteiger partial charge is 0.278 e. The molecule has 0 aliphatic carbocycles. The fraction of sp³-hybridized carbons (Fsp3) is 0. The monoisotopic (exact) mass is 269 g/mol. The van der Waals surface area contributed by atoms with E-state index >= 15 is 0 Å². The van der Waals surface area contributed by atoms with Gasteiger partial charge in [-0.05, 0) is 24.3 Å². The maximum absolute atomic E-state index is 12.0. The third kappa shape index (κ3) is 2.72. The molecule has 7 heteroatoms. The number of aromatic nitrogens is 2. The van der Waals surface area contributed by atoms with Gasteiger partial charge in [0.2, 0.25) is 0 Å². The van der Waals surface area contributed by atoms with E-state index in [2.05, 4.69) is 14.7 Å². The summed E-state index contributed by atoms with van der Waals surface area (Å²) in [5, 5.41) is -0.0658. The van der Waals surface area contributed by atoms with E-state index in [9.17, 15) is 8.42 Å². The Kier molecular flexibility index (Phi) is 3.26. The fourth-order valence-electron chi connectivity index (χ4n) is 1.20. The third-order valence-corrected chi connectivity index (χ3v) is 3.75. The van der Waals surface area contributed by atoms with Crippen LogP contribution in [0, 0.1) is 0 Å². The van der Waals surface area contributed by atoms with Gasteiger partial charge in [-0.2, -0.15) is 0 Å². The molecule has 0 fully saturated rings. The highest BCUT2D eigenvalue weighted by Crippen LogP contribution is 2.20. The summed E-state index contributed by atoms with van der Waals surface area (Å²) in [7, 11) is -3.73. The number of nitrogens with zero attached hydrogens (tertiary/aromatic N) is 2. The van der Waals surface area contributed by atoms with Gasteiger partial charge in [-0.3, -0.25) is 9.71 Å². The van der Waals surface area contributed by atoms with Crippen LogP contribution in [0.4, 0.5) is 5.69 Å². The quantitative estimate of drug-likeness (QED) is 0.864. The standard InChI is InChI=1S/C10H8ClN3O2S/c11-10-9(4-2-6-13-10)17(15,16)14-8-3-1-5-12-7-8/h1-7,14H. The minimum absolute atomic E-state index is 0.0643. The minimum Gasteiger partial charge on any atom is -0.278 e. The van der Waals surface area contributed by atoms with Crippen LogP contribution in [-0.4, -0.2) is 18.4 Å². The van der Waals surface area contributed by atoms with Crippen molar-refractivity contribution in [3.05, 3.63) is 48.0 Å². The molecular formula is C10H8ClN3O2S. The van der Waals surface area contributed by atoms with E-state index < -0.39 is 10.0 Å². The molecule has 2 aromatic rings. The average Bonchev–Trinajstić information content (AvgIpc) is 2.30. The zero-order valence-electron chi connectivity index (χ0n) is 8.54. The molecule has 0 aliphatic heterocycles. The van der Waals surface area contributed by atoms with E-state index in [0.717, 1.165) is 0 Å². The van der Waals surface area contributed by atoms with E-state index in [1.54, 1.807) is 18.3 Å². The van der Waals surface area contributed by atoms with E-state index in [0.29, 0.717) is 5.69 Å². The molecule has 1 N–H and O–H groups in total. The molecule has 0 saturated carbocycles. The van der Waals surface area contributed by atoms with Crippen molar-refractivity contribution in [2.75, 3.05) is 4.72 Å². The zero-order chi connectivity index (χ0) is 12.3. The smallest absolute Gasteiger partial charge is 0.265 e. The van der Waals surface area contributed by atoms with Crippen LogP contribution in [-0.2, 0) is 10.0 Å². The molecule has 0 aliphatic rings. The molecule has 0 unspecified atom stereocenters. The van der Waals surface area contributed by atoms with Crippen LogP contribution < -0.4 is 4.72 Å². The van der Waals surface area contributed by atoms with Gasteiger partial charge < -0.3 is 0 Å². The first-order chi connectivity index (χ1) is 8.09. The molecule has 0 radical (unpaired) electrons. The van der Waals surface area contributed by atoms with Crippen LogP contribution in [0.1, 0.15) is 0 Å². The highest BCUT2D eigenvalue weighted by molar-refractivity contribution is 7.92. The lowest BCUT2D eigenvalue weighted by atomic mass is 10.4. The summed E-state index contributed by atoms with van der Waals surface area (Å²) < 4.78 is 26.3. The van der Waals surface area contributed by atoms with E-state index in [4.69, 9.17) is 11.6 Å². The van der Waals surface area contributed by atoms with Crippen molar-refractivity contribution in [3.63, 3.8) is 0 Å². The van der Waals surface area contributed by atoms with Crippen LogP contribution in [0.3, 0.4) is 0 Å². The summed E-state index contributed by atoms with van der Waals surface area (Å²) in [6.45, 7) is 0. The molecule has 0 atom stereocenters. The number of rotatable bonds is 3. The van der Waals surface area contributed by atoms with Crippen LogP contribution in [0.15, 0.2) is 47.8 Å². The Bertz CT molecular complexity index is 616. The molecule has 2 rings (SSSR count). The van der Waals surface area contributed by atoms with Gasteiger partial charge in [0.25, 0.3) is 10.0 Å². The number of sulfonamides is 1. The van der Waals surface area contributed by atoms with Crippen molar-refractivity contribution in [1.29, 1.82) is 0 Å². The van der Waals surface area contributed by atoms with E-state index in [1.165, 1.54) is 24.5 Å². The van der Waals surface area contributed by atoms with Gasteiger partial charge in [0.05, 0.1) is 11.9 Å². The third-order valence-electron chi connectivity index (χ3n) is 1.93. The first kappa shape index (κ1) is 11.8. The second-order valence-electron chi connectivity index (χ2n) is 3.14. The molecule has 17 heavy (non-hydrogen) atoms. The first-order valence-corrected chi connectivity index (χ1v) is 6.49. The number of anilines is 1. The Labute approximate surface area is 104 Å². The molecule has 0 aromatic carbocycles. The van der Waals surface area contributed by atoms with Gasteiger partial charge in [0, 0.05) is 12.4 Å². The van der Waals surface area contributed by atoms with Gasteiger partial charge in [-0.1, -0.05) is 11.6 Å². The van der Waals surface area contributed by atoms with Gasteiger partial charge in [-0.15, -0.1) is 0 Å². The van der Waals surface area contributed by atoms with Crippen molar-refractivity contribution < 1.29 is 8.42 Å². The van der Waals surface area contributed by atoms with Crippen molar-refractivity contribution >= 4 is 27.3 Å². The number of hydrogen-bond acceptors (Lipinski definition) is 4. The molecule has 2 aromatic heterocycles. The van der Waals surface area contributed by atoms with Crippen LogP contribution in [0.25, 0.3) is 0 Å². The molecule has 2 heterocycles. The highest BCUT2D eigenvalue weighted by Gasteiger charge is 2.18. The lowest BCUT2D eigenvalue weighted by molar-refractivity contribution is 0.601. The fourth-order valence-corrected chi connectivity index (χ4v) is 2.70. The Hall–Kier alpha value is -1.66. The highest BCUT2D eigenvalue weighted by atomic mass is 35.5. The molecule has 0 spiro atoms. The molecule has 5 nitrogen and oxygen atoms in total. The van der Waals surface area contributed by atoms with Gasteiger partial charge in [0.15, 0.2) is 0 Å². The van der Waals surface area contributed by atoms with E-state index in [1.807, 2.05) is 0 Å². The lowest BCUT2D eigenvalue weighted by Gasteiger charge is -2.07. The Morgan fingerprint density at radius 2 is 1.94 bits per heavy atom. The SMILES string of the molecule is O=S(=O)(Nc1cccnc1)c1cccnc1Cl. The molecule has 0 bridgehead atoms. The summed E-state index contributed by atoms with van der Waals surface area (Å²) in [5.41, 5.74) is 0.368. The summed E-state index contributed by atoms with van der Waals surface area (Å²) >= 11 is 5.73. The minimum atomic E-state index is -3.73. The second kappa shape index (κ2) is 4.68. The number of pyridine rings is 2. The van der Waals surface area contributed by atoms with E-state index in [-0.39, 0.29) is 10.0 Å². The molecule has 88 valence electrons. The Morgan fingerprint density at radius 3 is 2.59 bits per heavy atom. The predicted molar refractivity (Wildman–Crippen MR) is 64.3 cm³/mol. The predicted octanol–water partition coefficient (Wildman–Crippen LogP) is 1.93. The van der Waals surface area contributed by atoms with Crippen molar-refractivity contribution in [2.24, 2.45) is 0 Å². The van der Waals surface area contributed by atoms with Crippen LogP contribution >= 0.6 is 11.6 Å². The summed E-state index contributed by atoms with van der Waals surface area (Å²) in [5.74, 6) is 0. The summed E-state index contributed by atoms with van der Waals surface area (Å²) in [4.78, 5) is 7.46. The maximum Gasteiger partial charge on any atom is 0.265 e. The van der Waals surface area contributed by atoms with Crippen molar-refractivity contribution in [3.8, 4) is 0 Å². The summed E-state index contributed by atoms with van der Waals surface area (Å²) in [6, 6.07) is 6.11. The lowest BCUT2D eigenvalue weighted by Crippen LogP contribution is -2.13. The average molecular weight is 270 g/mol. The first-order valence-electron chi connectivity index (χ1n) is 4.63. The van der Waals surface area contributed by atoms with Crippen molar-refractivity contribution in [1.82, 2.24) is 9.97 Å². The number of halogens is 1. The van der Waals surface area contributed by atoms with Gasteiger partial charge in [-0.25, -0.2) is 13.4 Å². The normalized spacial score (nSPS) is 11.1. The van der Waals surface area contributed by atoms with Crippen LogP contribution in [0.2, 0.25) is 5.15 Å². The van der Waals surface area contributed by atoms with Crippen LogP contribution in [0.5, 0.6) is 0 Å². The maximum atomic E-state index is 12.0. The topological polar surface area (TPSA) is 72.0 Å². The summed E-state index contributed by atoms with van der Waals surface area (Å²) in [6.07, 6.45) is 4.38.